The van der Waals surface area contributed by atoms with Crippen LogP contribution in [0.5, 0.6) is 0 Å². The van der Waals surface area contributed by atoms with E-state index in [2.05, 4.69) is 11.0 Å². The number of benzene rings is 1. The number of amides is 1. The molecule has 2 fully saturated rings. The summed E-state index contributed by atoms with van der Waals surface area (Å²) in [6.45, 7) is 5.68. The summed E-state index contributed by atoms with van der Waals surface area (Å²) in [5.41, 5.74) is 1.00. The van der Waals surface area contributed by atoms with Crippen LogP contribution in [-0.4, -0.2) is 61.6 Å². The molecule has 2 aliphatic heterocycles. The van der Waals surface area contributed by atoms with E-state index in [0.717, 1.165) is 51.1 Å². The van der Waals surface area contributed by atoms with Crippen LogP contribution in [0.3, 0.4) is 0 Å². The molecule has 2 saturated heterocycles. The van der Waals surface area contributed by atoms with E-state index < -0.39 is 0 Å². The average Bonchev–Trinajstić information content (AvgIpc) is 3.03. The maximum atomic E-state index is 12.9. The quantitative estimate of drug-likeness (QED) is 0.849. The van der Waals surface area contributed by atoms with Crippen molar-refractivity contribution < 1.29 is 13.9 Å². The summed E-state index contributed by atoms with van der Waals surface area (Å²) >= 11 is 0. The van der Waals surface area contributed by atoms with Gasteiger partial charge in [0.25, 0.3) is 0 Å². The molecule has 0 saturated carbocycles. The SMILES string of the molecule is O=C(C1CCOC1)N1CCCN(CC=Cc2ccc(F)cc2)CC1. The van der Waals surface area contributed by atoms with Gasteiger partial charge in [0.05, 0.1) is 12.5 Å². The maximum absolute atomic E-state index is 12.9. The van der Waals surface area contributed by atoms with Gasteiger partial charge in [0.15, 0.2) is 0 Å². The Hall–Kier alpha value is -1.72. The smallest absolute Gasteiger partial charge is 0.228 e. The van der Waals surface area contributed by atoms with Crippen molar-refractivity contribution in [3.05, 3.63) is 41.7 Å². The van der Waals surface area contributed by atoms with Gasteiger partial charge in [0, 0.05) is 39.3 Å². The van der Waals surface area contributed by atoms with Crippen molar-refractivity contribution in [3.8, 4) is 0 Å². The predicted octanol–water partition coefficient (Wildman–Crippen LogP) is 2.41. The van der Waals surface area contributed by atoms with Crippen LogP contribution >= 0.6 is 0 Å². The third kappa shape index (κ3) is 4.65. The Balaban J connectivity index is 1.46. The van der Waals surface area contributed by atoms with Gasteiger partial charge in [-0.1, -0.05) is 24.3 Å². The number of hydrogen-bond acceptors (Lipinski definition) is 3. The first-order valence-electron chi connectivity index (χ1n) is 8.73. The van der Waals surface area contributed by atoms with Gasteiger partial charge in [-0.25, -0.2) is 4.39 Å². The molecule has 3 rings (SSSR count). The largest absolute Gasteiger partial charge is 0.381 e. The Morgan fingerprint density at radius 2 is 2.04 bits per heavy atom. The zero-order valence-electron chi connectivity index (χ0n) is 14.0. The number of carbonyl (C=O) groups is 1. The zero-order chi connectivity index (χ0) is 16.8. The van der Waals surface area contributed by atoms with Crippen LogP contribution < -0.4 is 0 Å². The molecule has 0 spiro atoms. The second-order valence-corrected chi connectivity index (χ2v) is 6.49. The fraction of sp³-hybridized carbons (Fsp3) is 0.526. The third-order valence-electron chi connectivity index (χ3n) is 4.72. The standard InChI is InChI=1S/C19H25FN2O2/c20-18-6-4-16(5-7-18)3-1-9-21-10-2-11-22(13-12-21)19(23)17-8-14-24-15-17/h1,3-7,17H,2,8-15H2. The Labute approximate surface area is 142 Å². The van der Waals surface area contributed by atoms with Crippen molar-refractivity contribution in [2.75, 3.05) is 45.9 Å². The molecule has 0 aromatic heterocycles. The Morgan fingerprint density at radius 1 is 1.21 bits per heavy atom. The molecular weight excluding hydrogens is 307 g/mol. The molecule has 0 radical (unpaired) electrons. The molecule has 1 amide bonds. The topological polar surface area (TPSA) is 32.8 Å². The van der Waals surface area contributed by atoms with Crippen molar-refractivity contribution >= 4 is 12.0 Å². The van der Waals surface area contributed by atoms with Crippen molar-refractivity contribution in [1.29, 1.82) is 0 Å². The molecule has 1 unspecified atom stereocenters. The highest BCUT2D eigenvalue weighted by molar-refractivity contribution is 5.79. The third-order valence-corrected chi connectivity index (χ3v) is 4.72. The number of hydrogen-bond donors (Lipinski definition) is 0. The zero-order valence-corrected chi connectivity index (χ0v) is 14.0. The summed E-state index contributed by atoms with van der Waals surface area (Å²) < 4.78 is 18.2. The molecule has 4 nitrogen and oxygen atoms in total. The van der Waals surface area contributed by atoms with Gasteiger partial charge in [-0.05, 0) is 30.5 Å². The van der Waals surface area contributed by atoms with E-state index >= 15 is 0 Å². The highest BCUT2D eigenvalue weighted by Crippen LogP contribution is 2.17. The maximum Gasteiger partial charge on any atom is 0.228 e. The first-order valence-corrected chi connectivity index (χ1v) is 8.73. The number of carbonyl (C=O) groups excluding carboxylic acids is 1. The fourth-order valence-corrected chi connectivity index (χ4v) is 3.27. The number of ether oxygens (including phenoxy) is 1. The summed E-state index contributed by atoms with van der Waals surface area (Å²) in [7, 11) is 0. The van der Waals surface area contributed by atoms with Crippen LogP contribution in [-0.2, 0) is 9.53 Å². The minimum atomic E-state index is -0.211. The average molecular weight is 332 g/mol. The van der Waals surface area contributed by atoms with Gasteiger partial charge in [0.1, 0.15) is 5.82 Å². The summed E-state index contributed by atoms with van der Waals surface area (Å²) in [5.74, 6) is 0.114. The molecule has 0 bridgehead atoms. The molecule has 2 aliphatic rings. The summed E-state index contributed by atoms with van der Waals surface area (Å²) in [6.07, 6.45) is 5.99. The van der Waals surface area contributed by atoms with Gasteiger partial charge < -0.3 is 9.64 Å². The van der Waals surface area contributed by atoms with E-state index in [9.17, 15) is 9.18 Å². The molecule has 1 atom stereocenters. The van der Waals surface area contributed by atoms with Crippen molar-refractivity contribution in [2.45, 2.75) is 12.8 Å². The van der Waals surface area contributed by atoms with Crippen LogP contribution in [0.25, 0.3) is 6.08 Å². The van der Waals surface area contributed by atoms with Gasteiger partial charge in [-0.3, -0.25) is 9.69 Å². The molecule has 2 heterocycles. The molecule has 24 heavy (non-hydrogen) atoms. The second kappa shape index (κ2) is 8.40. The molecule has 130 valence electrons. The Morgan fingerprint density at radius 3 is 2.79 bits per heavy atom. The summed E-state index contributed by atoms with van der Waals surface area (Å²) in [4.78, 5) is 16.8. The van der Waals surface area contributed by atoms with Gasteiger partial charge in [-0.2, -0.15) is 0 Å². The van der Waals surface area contributed by atoms with Crippen LogP contribution in [0.15, 0.2) is 30.3 Å². The minimum absolute atomic E-state index is 0.0647. The normalized spacial score (nSPS) is 22.9. The van der Waals surface area contributed by atoms with Crippen molar-refractivity contribution in [3.63, 3.8) is 0 Å². The van der Waals surface area contributed by atoms with Crippen LogP contribution in [0.2, 0.25) is 0 Å². The predicted molar refractivity (Wildman–Crippen MR) is 92.0 cm³/mol. The van der Waals surface area contributed by atoms with Gasteiger partial charge >= 0.3 is 0 Å². The molecule has 0 N–H and O–H groups in total. The van der Waals surface area contributed by atoms with Gasteiger partial charge in [-0.15, -0.1) is 0 Å². The summed E-state index contributed by atoms with van der Waals surface area (Å²) in [5, 5.41) is 0. The lowest BCUT2D eigenvalue weighted by molar-refractivity contribution is -0.135. The van der Waals surface area contributed by atoms with E-state index in [1.54, 1.807) is 12.1 Å². The fourth-order valence-electron chi connectivity index (χ4n) is 3.27. The molecule has 1 aromatic rings. The summed E-state index contributed by atoms with van der Waals surface area (Å²) in [6, 6.07) is 6.50. The second-order valence-electron chi connectivity index (χ2n) is 6.49. The first kappa shape index (κ1) is 17.1. The van der Waals surface area contributed by atoms with E-state index in [0.29, 0.717) is 13.2 Å². The molecule has 1 aromatic carbocycles. The van der Waals surface area contributed by atoms with Crippen LogP contribution in [0.4, 0.5) is 4.39 Å². The number of rotatable bonds is 4. The molecule has 5 heteroatoms. The lowest BCUT2D eigenvalue weighted by Crippen LogP contribution is -2.39. The van der Waals surface area contributed by atoms with Crippen LogP contribution in [0.1, 0.15) is 18.4 Å². The monoisotopic (exact) mass is 332 g/mol. The minimum Gasteiger partial charge on any atom is -0.381 e. The van der Waals surface area contributed by atoms with E-state index in [1.807, 2.05) is 11.0 Å². The number of halogens is 1. The Kier molecular flexibility index (Phi) is 5.99. The van der Waals surface area contributed by atoms with Crippen LogP contribution in [0, 0.1) is 11.7 Å². The highest BCUT2D eigenvalue weighted by atomic mass is 19.1. The Bertz CT molecular complexity index is 567. The van der Waals surface area contributed by atoms with Crippen molar-refractivity contribution in [2.24, 2.45) is 5.92 Å². The van der Waals surface area contributed by atoms with Gasteiger partial charge in [0.2, 0.25) is 5.91 Å². The lowest BCUT2D eigenvalue weighted by atomic mass is 10.1. The highest BCUT2D eigenvalue weighted by Gasteiger charge is 2.28. The molecular formula is C19H25FN2O2. The first-order chi connectivity index (χ1) is 11.7. The lowest BCUT2D eigenvalue weighted by Gasteiger charge is -2.23. The van der Waals surface area contributed by atoms with E-state index in [1.165, 1.54) is 12.1 Å². The molecule has 0 aliphatic carbocycles. The number of nitrogens with zero attached hydrogens (tertiary/aromatic N) is 2. The van der Waals surface area contributed by atoms with Crippen molar-refractivity contribution in [1.82, 2.24) is 9.80 Å². The van der Waals surface area contributed by atoms with E-state index in [4.69, 9.17) is 4.74 Å². The van der Waals surface area contributed by atoms with E-state index in [-0.39, 0.29) is 17.6 Å².